The van der Waals surface area contributed by atoms with Gasteiger partial charge in [-0.05, 0) is 26.1 Å². The Labute approximate surface area is 125 Å². The molecule has 0 saturated heterocycles. The molecule has 0 spiro atoms. The zero-order chi connectivity index (χ0) is 13.9. The highest BCUT2D eigenvalue weighted by Crippen LogP contribution is 2.21. The number of rotatable bonds is 5. The van der Waals surface area contributed by atoms with Crippen LogP contribution in [0.3, 0.4) is 0 Å². The van der Waals surface area contributed by atoms with Crippen LogP contribution in [0.5, 0.6) is 0 Å². The molecule has 0 amide bonds. The van der Waals surface area contributed by atoms with E-state index >= 15 is 0 Å². The van der Waals surface area contributed by atoms with E-state index in [1.807, 2.05) is 13.0 Å². The van der Waals surface area contributed by atoms with Crippen molar-refractivity contribution in [1.29, 1.82) is 0 Å². The van der Waals surface area contributed by atoms with E-state index in [0.717, 1.165) is 5.39 Å². The maximum Gasteiger partial charge on any atom is 0.241 e. The fourth-order valence-electron chi connectivity index (χ4n) is 1.74. The lowest BCUT2D eigenvalue weighted by molar-refractivity contribution is 0.555. The summed E-state index contributed by atoms with van der Waals surface area (Å²) in [6, 6.07) is 6.96. The summed E-state index contributed by atoms with van der Waals surface area (Å²) in [5.41, 5.74) is 0. The quantitative estimate of drug-likeness (QED) is 0.878. The molecule has 5 nitrogen and oxygen atoms in total. The van der Waals surface area contributed by atoms with Crippen LogP contribution in [0.25, 0.3) is 10.8 Å². The molecule has 0 saturated carbocycles. The van der Waals surface area contributed by atoms with Crippen molar-refractivity contribution in [2.45, 2.75) is 17.9 Å². The summed E-state index contributed by atoms with van der Waals surface area (Å²) in [6.45, 7) is 2.26. The molecule has 1 heterocycles. The summed E-state index contributed by atoms with van der Waals surface area (Å²) in [6.07, 6.45) is 3.25. The topological polar surface area (TPSA) is 71.1 Å². The number of nitrogens with zero attached hydrogens (tertiary/aromatic N) is 1. The van der Waals surface area contributed by atoms with Gasteiger partial charge >= 0.3 is 0 Å². The molecule has 1 aromatic heterocycles. The first-order chi connectivity index (χ1) is 9.04. The van der Waals surface area contributed by atoms with Gasteiger partial charge in [-0.15, -0.1) is 12.4 Å². The minimum absolute atomic E-state index is 0. The van der Waals surface area contributed by atoms with Crippen LogP contribution in [0.4, 0.5) is 0 Å². The van der Waals surface area contributed by atoms with E-state index in [-0.39, 0.29) is 23.3 Å². The van der Waals surface area contributed by atoms with Crippen LogP contribution in [0.15, 0.2) is 41.6 Å². The third-order valence-electron chi connectivity index (χ3n) is 3.00. The van der Waals surface area contributed by atoms with Crippen molar-refractivity contribution in [2.24, 2.45) is 0 Å². The molecule has 0 aliphatic heterocycles. The van der Waals surface area contributed by atoms with E-state index in [0.29, 0.717) is 11.9 Å². The number of aromatic nitrogens is 1. The summed E-state index contributed by atoms with van der Waals surface area (Å²) < 4.78 is 27.2. The van der Waals surface area contributed by atoms with E-state index in [1.54, 1.807) is 37.6 Å². The standard InChI is InChI=1S/C13H17N3O2S.ClH/c1-10(14-2)8-16-19(17,18)13-5-3-4-11-9-15-7-6-12(11)13;/h3-7,9-10,14,16H,8H2,1-2H3;1H. The largest absolute Gasteiger partial charge is 0.316 e. The molecular formula is C13H18ClN3O2S. The lowest BCUT2D eigenvalue weighted by Gasteiger charge is -2.13. The van der Waals surface area contributed by atoms with E-state index in [2.05, 4.69) is 15.0 Å². The average molecular weight is 316 g/mol. The summed E-state index contributed by atoms with van der Waals surface area (Å²) in [7, 11) is -1.72. The molecule has 2 rings (SSSR count). The highest BCUT2D eigenvalue weighted by atomic mass is 35.5. The second-order valence-corrected chi connectivity index (χ2v) is 6.13. The maximum atomic E-state index is 12.3. The lowest BCUT2D eigenvalue weighted by atomic mass is 10.2. The second kappa shape index (κ2) is 6.99. The van der Waals surface area contributed by atoms with Crippen LogP contribution in [0.1, 0.15) is 6.92 Å². The van der Waals surface area contributed by atoms with Crippen molar-refractivity contribution < 1.29 is 8.42 Å². The molecule has 0 aliphatic rings. The Bertz CT molecular complexity index is 671. The zero-order valence-electron chi connectivity index (χ0n) is 11.3. The molecule has 20 heavy (non-hydrogen) atoms. The fourth-order valence-corrected chi connectivity index (χ4v) is 3.10. The molecule has 0 aliphatic carbocycles. The average Bonchev–Trinajstić information content (AvgIpc) is 2.44. The van der Waals surface area contributed by atoms with Crippen LogP contribution in [-0.4, -0.2) is 33.0 Å². The molecule has 110 valence electrons. The van der Waals surface area contributed by atoms with Gasteiger partial charge in [0.2, 0.25) is 10.0 Å². The molecular weight excluding hydrogens is 298 g/mol. The van der Waals surface area contributed by atoms with Gasteiger partial charge in [-0.3, -0.25) is 4.98 Å². The lowest BCUT2D eigenvalue weighted by Crippen LogP contribution is -2.37. The predicted molar refractivity (Wildman–Crippen MR) is 82.7 cm³/mol. The highest BCUT2D eigenvalue weighted by Gasteiger charge is 2.17. The third kappa shape index (κ3) is 3.67. The molecule has 2 N–H and O–H groups in total. The van der Waals surface area contributed by atoms with Crippen LogP contribution in [-0.2, 0) is 10.0 Å². The Hall–Kier alpha value is -1.21. The van der Waals surface area contributed by atoms with Gasteiger partial charge in [0.1, 0.15) is 0 Å². The van der Waals surface area contributed by atoms with Gasteiger partial charge < -0.3 is 5.32 Å². The van der Waals surface area contributed by atoms with Crippen LogP contribution >= 0.6 is 12.4 Å². The first-order valence-electron chi connectivity index (χ1n) is 6.04. The number of hydrogen-bond donors (Lipinski definition) is 2. The van der Waals surface area contributed by atoms with Crippen molar-refractivity contribution >= 4 is 33.2 Å². The van der Waals surface area contributed by atoms with Crippen molar-refractivity contribution in [3.05, 3.63) is 36.7 Å². The van der Waals surface area contributed by atoms with Gasteiger partial charge in [0.15, 0.2) is 0 Å². The molecule has 0 fully saturated rings. The molecule has 7 heteroatoms. The smallest absolute Gasteiger partial charge is 0.241 e. The number of sulfonamides is 1. The van der Waals surface area contributed by atoms with Gasteiger partial charge in [-0.25, -0.2) is 13.1 Å². The molecule has 1 atom stereocenters. The van der Waals surface area contributed by atoms with Gasteiger partial charge in [-0.1, -0.05) is 12.1 Å². The Balaban J connectivity index is 0.00000200. The number of benzene rings is 1. The Kier molecular flexibility index (Phi) is 5.88. The van der Waals surface area contributed by atoms with Crippen molar-refractivity contribution in [2.75, 3.05) is 13.6 Å². The number of likely N-dealkylation sites (N-methyl/N-ethyl adjacent to an activating group) is 1. The summed E-state index contributed by atoms with van der Waals surface area (Å²) >= 11 is 0. The number of nitrogens with one attached hydrogen (secondary N) is 2. The summed E-state index contributed by atoms with van der Waals surface area (Å²) in [5.74, 6) is 0. The molecule has 2 aromatic rings. The summed E-state index contributed by atoms with van der Waals surface area (Å²) in [5, 5.41) is 4.48. The summed E-state index contributed by atoms with van der Waals surface area (Å²) in [4.78, 5) is 4.29. The third-order valence-corrected chi connectivity index (χ3v) is 4.48. The number of halogens is 1. The SMILES string of the molecule is CNC(C)CNS(=O)(=O)c1cccc2cnccc12.Cl. The highest BCUT2D eigenvalue weighted by molar-refractivity contribution is 7.89. The predicted octanol–water partition coefficient (Wildman–Crippen LogP) is 1.54. The maximum absolute atomic E-state index is 12.3. The molecule has 1 aromatic carbocycles. The normalized spacial score (nSPS) is 12.9. The monoisotopic (exact) mass is 315 g/mol. The van der Waals surface area contributed by atoms with Crippen LogP contribution in [0.2, 0.25) is 0 Å². The van der Waals surface area contributed by atoms with E-state index in [9.17, 15) is 8.42 Å². The van der Waals surface area contributed by atoms with E-state index in [1.165, 1.54) is 0 Å². The first-order valence-corrected chi connectivity index (χ1v) is 7.52. The van der Waals surface area contributed by atoms with E-state index in [4.69, 9.17) is 0 Å². The molecule has 0 bridgehead atoms. The fraction of sp³-hybridized carbons (Fsp3) is 0.308. The van der Waals surface area contributed by atoms with Gasteiger partial charge in [0, 0.05) is 35.8 Å². The van der Waals surface area contributed by atoms with Crippen molar-refractivity contribution in [3.63, 3.8) is 0 Å². The van der Waals surface area contributed by atoms with Crippen LogP contribution in [0, 0.1) is 0 Å². The van der Waals surface area contributed by atoms with Gasteiger partial charge in [0.05, 0.1) is 4.90 Å². The first kappa shape index (κ1) is 16.8. The second-order valence-electron chi connectivity index (χ2n) is 4.39. The number of fused-ring (bicyclic) bond motifs is 1. The number of pyridine rings is 1. The minimum atomic E-state index is -3.51. The van der Waals surface area contributed by atoms with Crippen LogP contribution < -0.4 is 10.0 Å². The number of hydrogen-bond acceptors (Lipinski definition) is 4. The van der Waals surface area contributed by atoms with Gasteiger partial charge in [0.25, 0.3) is 0 Å². The zero-order valence-corrected chi connectivity index (χ0v) is 13.0. The van der Waals surface area contributed by atoms with Crippen molar-refractivity contribution in [3.8, 4) is 0 Å². The Morgan fingerprint density at radius 3 is 2.75 bits per heavy atom. The van der Waals surface area contributed by atoms with Gasteiger partial charge in [-0.2, -0.15) is 0 Å². The minimum Gasteiger partial charge on any atom is -0.316 e. The Morgan fingerprint density at radius 2 is 2.05 bits per heavy atom. The molecule has 1 unspecified atom stereocenters. The van der Waals surface area contributed by atoms with E-state index < -0.39 is 10.0 Å². The Morgan fingerprint density at radius 1 is 1.30 bits per heavy atom. The molecule has 0 radical (unpaired) electrons. The van der Waals surface area contributed by atoms with Crippen molar-refractivity contribution in [1.82, 2.24) is 15.0 Å².